The van der Waals surface area contributed by atoms with Crippen molar-refractivity contribution in [3.63, 3.8) is 0 Å². The van der Waals surface area contributed by atoms with Crippen LogP contribution in [0.2, 0.25) is 0 Å². The molecule has 0 bridgehead atoms. The second-order valence-corrected chi connectivity index (χ2v) is 4.69. The van der Waals surface area contributed by atoms with Gasteiger partial charge >= 0.3 is 5.69 Å². The van der Waals surface area contributed by atoms with Gasteiger partial charge in [-0.1, -0.05) is 15.9 Å². The van der Waals surface area contributed by atoms with Gasteiger partial charge in [0.2, 0.25) is 5.75 Å². The van der Waals surface area contributed by atoms with Gasteiger partial charge in [0.05, 0.1) is 4.92 Å². The first-order valence-corrected chi connectivity index (χ1v) is 6.17. The quantitative estimate of drug-likeness (QED) is 0.477. The predicted octanol–water partition coefficient (Wildman–Crippen LogP) is 4.10. The summed E-state index contributed by atoms with van der Waals surface area (Å²) in [7, 11) is 0. The number of benzene rings is 2. The molecule has 0 aliphatic heterocycles. The topological polar surface area (TPSA) is 69.4 Å². The number of carbonyl (C=O) groups excluding carboxylic acids is 1. The molecule has 7 heteroatoms. The molecule has 0 saturated carbocycles. The molecule has 0 spiro atoms. The summed E-state index contributed by atoms with van der Waals surface area (Å²) in [5.41, 5.74) is -0.271. The van der Waals surface area contributed by atoms with E-state index in [1.165, 1.54) is 30.3 Å². The lowest BCUT2D eigenvalue weighted by atomic mass is 10.2. The van der Waals surface area contributed by atoms with E-state index < -0.39 is 16.4 Å². The first-order valence-electron chi connectivity index (χ1n) is 5.38. The molecule has 102 valence electrons. The van der Waals surface area contributed by atoms with Gasteiger partial charge in [-0.2, -0.15) is 0 Å². The zero-order valence-electron chi connectivity index (χ0n) is 9.88. The van der Waals surface area contributed by atoms with Crippen molar-refractivity contribution in [3.8, 4) is 11.5 Å². The molecule has 2 aromatic carbocycles. The van der Waals surface area contributed by atoms with E-state index >= 15 is 0 Å². The first-order chi connectivity index (χ1) is 9.51. The Bertz CT molecular complexity index is 690. The van der Waals surface area contributed by atoms with Gasteiger partial charge in [0.25, 0.3) is 0 Å². The van der Waals surface area contributed by atoms with E-state index in [2.05, 4.69) is 15.9 Å². The van der Waals surface area contributed by atoms with Crippen LogP contribution in [0.25, 0.3) is 0 Å². The van der Waals surface area contributed by atoms with Crippen LogP contribution < -0.4 is 4.74 Å². The molecule has 2 aromatic rings. The van der Waals surface area contributed by atoms with Crippen molar-refractivity contribution in [1.29, 1.82) is 0 Å². The Kier molecular flexibility index (Phi) is 4.09. The number of halogens is 2. The summed E-state index contributed by atoms with van der Waals surface area (Å²) in [5, 5.41) is 10.9. The van der Waals surface area contributed by atoms with Gasteiger partial charge in [-0.3, -0.25) is 14.9 Å². The fraction of sp³-hybridized carbons (Fsp3) is 0. The molecule has 0 fully saturated rings. The van der Waals surface area contributed by atoms with Crippen LogP contribution >= 0.6 is 15.9 Å². The third kappa shape index (κ3) is 3.00. The fourth-order valence-corrected chi connectivity index (χ4v) is 1.85. The molecule has 0 unspecified atom stereocenters. The van der Waals surface area contributed by atoms with Crippen LogP contribution in [0.3, 0.4) is 0 Å². The fourth-order valence-electron chi connectivity index (χ4n) is 1.51. The second kappa shape index (κ2) is 5.79. The number of aldehydes is 1. The minimum atomic E-state index is -0.696. The average molecular weight is 340 g/mol. The van der Waals surface area contributed by atoms with Gasteiger partial charge in [-0.15, -0.1) is 0 Å². The zero-order valence-corrected chi connectivity index (χ0v) is 11.5. The van der Waals surface area contributed by atoms with Crippen molar-refractivity contribution in [3.05, 3.63) is 62.4 Å². The van der Waals surface area contributed by atoms with E-state index in [4.69, 9.17) is 4.74 Å². The monoisotopic (exact) mass is 339 g/mol. The number of carbonyl (C=O) groups is 1. The van der Waals surface area contributed by atoms with Crippen LogP contribution in [0.5, 0.6) is 11.5 Å². The number of ether oxygens (including phenoxy) is 1. The van der Waals surface area contributed by atoms with E-state index in [1.807, 2.05) is 0 Å². The minimum absolute atomic E-state index is 0.138. The maximum atomic E-state index is 13.6. The normalized spacial score (nSPS) is 10.1. The number of nitrogens with zero attached hydrogens (tertiary/aromatic N) is 1. The van der Waals surface area contributed by atoms with Gasteiger partial charge in [-0.25, -0.2) is 4.39 Å². The molecule has 0 aliphatic carbocycles. The molecule has 5 nitrogen and oxygen atoms in total. The van der Waals surface area contributed by atoms with Crippen LogP contribution in [-0.2, 0) is 0 Å². The summed E-state index contributed by atoms with van der Waals surface area (Å²) in [4.78, 5) is 20.9. The van der Waals surface area contributed by atoms with Crippen LogP contribution in [0.1, 0.15) is 10.4 Å². The maximum Gasteiger partial charge on any atom is 0.312 e. The number of nitro benzene ring substituents is 1. The standard InChI is InChI=1S/C13H7BrFNO4/c14-9-2-3-10(15)13(6-9)20-12-4-1-8(7-17)5-11(12)16(18)19/h1-7H. The number of hydrogen-bond donors (Lipinski definition) is 0. The minimum Gasteiger partial charge on any atom is -0.447 e. The van der Waals surface area contributed by atoms with Gasteiger partial charge in [0, 0.05) is 16.1 Å². The highest BCUT2D eigenvalue weighted by Gasteiger charge is 2.18. The van der Waals surface area contributed by atoms with Crippen molar-refractivity contribution in [2.75, 3.05) is 0 Å². The van der Waals surface area contributed by atoms with Crippen molar-refractivity contribution in [2.45, 2.75) is 0 Å². The Labute approximate surface area is 121 Å². The highest BCUT2D eigenvalue weighted by Crippen LogP contribution is 2.34. The van der Waals surface area contributed by atoms with Crippen LogP contribution in [-0.4, -0.2) is 11.2 Å². The van der Waals surface area contributed by atoms with Crippen LogP contribution in [0.4, 0.5) is 10.1 Å². The molecule has 0 saturated heterocycles. The lowest BCUT2D eigenvalue weighted by molar-refractivity contribution is -0.385. The van der Waals surface area contributed by atoms with Crippen molar-refractivity contribution in [2.24, 2.45) is 0 Å². The molecule has 0 aromatic heterocycles. The molecule has 0 atom stereocenters. The predicted molar refractivity (Wildman–Crippen MR) is 72.7 cm³/mol. The molecule has 0 heterocycles. The molecular weight excluding hydrogens is 333 g/mol. The van der Waals surface area contributed by atoms with Crippen LogP contribution in [0.15, 0.2) is 40.9 Å². The Morgan fingerprint density at radius 1 is 1.20 bits per heavy atom. The highest BCUT2D eigenvalue weighted by molar-refractivity contribution is 9.10. The summed E-state index contributed by atoms with van der Waals surface area (Å²) in [6.45, 7) is 0. The summed E-state index contributed by atoms with van der Waals surface area (Å²) < 4.78 is 19.4. The molecule has 0 N–H and O–H groups in total. The van der Waals surface area contributed by atoms with Gasteiger partial charge in [0.1, 0.15) is 6.29 Å². The smallest absolute Gasteiger partial charge is 0.312 e. The molecule has 20 heavy (non-hydrogen) atoms. The molecule has 0 amide bonds. The van der Waals surface area contributed by atoms with Crippen molar-refractivity contribution >= 4 is 27.9 Å². The lowest BCUT2D eigenvalue weighted by Crippen LogP contribution is -1.96. The summed E-state index contributed by atoms with van der Waals surface area (Å²) >= 11 is 3.15. The number of hydrogen-bond acceptors (Lipinski definition) is 4. The highest BCUT2D eigenvalue weighted by atomic mass is 79.9. The number of rotatable bonds is 4. The molecular formula is C13H7BrFNO4. The number of nitro groups is 1. The summed E-state index contributed by atoms with van der Waals surface area (Å²) in [5.74, 6) is -0.944. The summed E-state index contributed by atoms with van der Waals surface area (Å²) in [6, 6.07) is 7.68. The molecule has 0 aliphatic rings. The zero-order chi connectivity index (χ0) is 14.7. The molecule has 2 rings (SSSR count). The largest absolute Gasteiger partial charge is 0.447 e. The lowest BCUT2D eigenvalue weighted by Gasteiger charge is -2.08. The van der Waals surface area contributed by atoms with Gasteiger partial charge in [0.15, 0.2) is 11.6 Å². The SMILES string of the molecule is O=Cc1ccc(Oc2cc(Br)ccc2F)c([N+](=O)[O-])c1. The summed E-state index contributed by atoms with van der Waals surface area (Å²) in [6.07, 6.45) is 0.483. The third-order valence-corrected chi connectivity index (χ3v) is 2.92. The Morgan fingerprint density at radius 3 is 2.60 bits per heavy atom. The molecule has 0 radical (unpaired) electrons. The van der Waals surface area contributed by atoms with Gasteiger partial charge < -0.3 is 4.74 Å². The average Bonchev–Trinajstić information content (AvgIpc) is 2.43. The maximum absolute atomic E-state index is 13.6. The third-order valence-electron chi connectivity index (χ3n) is 2.43. The van der Waals surface area contributed by atoms with Crippen molar-refractivity contribution < 1.29 is 18.8 Å². The Balaban J connectivity index is 2.45. The van der Waals surface area contributed by atoms with E-state index in [0.717, 1.165) is 6.07 Å². The second-order valence-electron chi connectivity index (χ2n) is 3.78. The van der Waals surface area contributed by atoms with E-state index in [0.29, 0.717) is 10.8 Å². The Hall–Kier alpha value is -2.28. The van der Waals surface area contributed by atoms with Gasteiger partial charge in [-0.05, 0) is 30.3 Å². The van der Waals surface area contributed by atoms with Crippen molar-refractivity contribution in [1.82, 2.24) is 0 Å². The van der Waals surface area contributed by atoms with E-state index in [-0.39, 0.29) is 17.1 Å². The first kappa shape index (κ1) is 14.1. The van der Waals surface area contributed by atoms with E-state index in [1.54, 1.807) is 0 Å². The van der Waals surface area contributed by atoms with Crippen LogP contribution in [0, 0.1) is 15.9 Å². The van der Waals surface area contributed by atoms with E-state index in [9.17, 15) is 19.3 Å². The Morgan fingerprint density at radius 2 is 1.95 bits per heavy atom.